The Morgan fingerprint density at radius 2 is 1.61 bits per heavy atom. The monoisotopic (exact) mass is 319 g/mol. The number of carbonyl (C=O) groups excluding carboxylic acids is 1. The molecule has 120 valence electrons. The van der Waals surface area contributed by atoms with Crippen molar-refractivity contribution in [3.05, 3.63) is 71.3 Å². The molecule has 0 aliphatic heterocycles. The first-order chi connectivity index (χ1) is 11.0. The van der Waals surface area contributed by atoms with Crippen molar-refractivity contribution in [3.8, 4) is 0 Å². The molecule has 2 aromatic rings. The molecule has 23 heavy (non-hydrogen) atoms. The van der Waals surface area contributed by atoms with E-state index in [1.54, 1.807) is 0 Å². The molecule has 2 nitrogen and oxygen atoms in total. The van der Waals surface area contributed by atoms with Crippen molar-refractivity contribution in [2.45, 2.75) is 25.1 Å². The van der Waals surface area contributed by atoms with Gasteiger partial charge >= 0.3 is 6.18 Å². The van der Waals surface area contributed by atoms with E-state index in [2.05, 4.69) is 5.32 Å². The van der Waals surface area contributed by atoms with E-state index < -0.39 is 17.6 Å². The second-order valence-corrected chi connectivity index (χ2v) is 5.74. The molecule has 1 fully saturated rings. The maximum absolute atomic E-state index is 13.1. The summed E-state index contributed by atoms with van der Waals surface area (Å²) in [5, 5.41) is 2.79. The van der Waals surface area contributed by atoms with Crippen LogP contribution in [-0.4, -0.2) is 5.91 Å². The first kappa shape index (κ1) is 15.6. The van der Waals surface area contributed by atoms with Gasteiger partial charge in [-0.25, -0.2) is 0 Å². The van der Waals surface area contributed by atoms with E-state index in [1.807, 2.05) is 30.3 Å². The van der Waals surface area contributed by atoms with E-state index in [0.29, 0.717) is 5.92 Å². The number of hydrogen-bond donors (Lipinski definition) is 1. The predicted molar refractivity (Wildman–Crippen MR) is 80.8 cm³/mol. The molecule has 1 aliphatic rings. The van der Waals surface area contributed by atoms with Crippen LogP contribution in [0.25, 0.3) is 0 Å². The molecule has 0 heterocycles. The van der Waals surface area contributed by atoms with E-state index in [4.69, 9.17) is 0 Å². The highest BCUT2D eigenvalue weighted by atomic mass is 19.4. The normalized spacial score (nSPS) is 16.0. The summed E-state index contributed by atoms with van der Waals surface area (Å²) in [6.07, 6.45) is -2.60. The molecule has 1 amide bonds. The van der Waals surface area contributed by atoms with Crippen LogP contribution in [0.4, 0.5) is 13.2 Å². The fourth-order valence-electron chi connectivity index (χ4n) is 2.71. The lowest BCUT2D eigenvalue weighted by Crippen LogP contribution is -2.31. The van der Waals surface area contributed by atoms with Gasteiger partial charge < -0.3 is 5.32 Å². The number of hydrogen-bond acceptors (Lipinski definition) is 1. The number of alkyl halides is 3. The summed E-state index contributed by atoms with van der Waals surface area (Å²) in [5.74, 6) is -0.391. The smallest absolute Gasteiger partial charge is 0.345 e. The van der Waals surface area contributed by atoms with Crippen molar-refractivity contribution in [3.63, 3.8) is 0 Å². The third-order valence-corrected chi connectivity index (χ3v) is 4.02. The molecule has 0 saturated heterocycles. The molecule has 0 aromatic heterocycles. The SMILES string of the molecule is O=C(NC(c1ccccc1)C1CC1)c1ccccc1C(F)(F)F. The average Bonchev–Trinajstić information content (AvgIpc) is 3.37. The second kappa shape index (κ2) is 6.07. The van der Waals surface area contributed by atoms with Crippen LogP contribution in [0.1, 0.15) is 40.4 Å². The number of carbonyl (C=O) groups is 1. The molecule has 0 radical (unpaired) electrons. The van der Waals surface area contributed by atoms with E-state index in [0.717, 1.165) is 24.5 Å². The van der Waals surface area contributed by atoms with Gasteiger partial charge in [0.15, 0.2) is 0 Å². The summed E-state index contributed by atoms with van der Waals surface area (Å²) >= 11 is 0. The third-order valence-electron chi connectivity index (χ3n) is 4.02. The van der Waals surface area contributed by atoms with Gasteiger partial charge in [0.25, 0.3) is 5.91 Å². The molecule has 0 bridgehead atoms. The number of amides is 1. The van der Waals surface area contributed by atoms with E-state index in [9.17, 15) is 18.0 Å². The van der Waals surface area contributed by atoms with E-state index in [1.165, 1.54) is 18.2 Å². The minimum Gasteiger partial charge on any atom is -0.345 e. The van der Waals surface area contributed by atoms with Gasteiger partial charge in [0.2, 0.25) is 0 Å². The first-order valence-electron chi connectivity index (χ1n) is 7.49. The minimum absolute atomic E-state index is 0.245. The zero-order valence-electron chi connectivity index (χ0n) is 12.3. The predicted octanol–water partition coefficient (Wildman–Crippen LogP) is 4.59. The maximum Gasteiger partial charge on any atom is 0.417 e. The molecular weight excluding hydrogens is 303 g/mol. The second-order valence-electron chi connectivity index (χ2n) is 5.74. The highest BCUT2D eigenvalue weighted by Crippen LogP contribution is 2.41. The zero-order chi connectivity index (χ0) is 16.4. The van der Waals surface area contributed by atoms with Crippen LogP contribution < -0.4 is 5.32 Å². The van der Waals surface area contributed by atoms with Gasteiger partial charge in [-0.3, -0.25) is 4.79 Å². The molecule has 0 spiro atoms. The molecular formula is C18H16F3NO. The van der Waals surface area contributed by atoms with Crippen molar-refractivity contribution >= 4 is 5.91 Å². The highest BCUT2D eigenvalue weighted by Gasteiger charge is 2.37. The molecule has 3 rings (SSSR count). The molecule has 1 N–H and O–H groups in total. The molecule has 1 unspecified atom stereocenters. The minimum atomic E-state index is -4.55. The van der Waals surface area contributed by atoms with Crippen molar-refractivity contribution in [2.24, 2.45) is 5.92 Å². The van der Waals surface area contributed by atoms with Crippen LogP contribution in [0, 0.1) is 5.92 Å². The van der Waals surface area contributed by atoms with Crippen molar-refractivity contribution in [2.75, 3.05) is 0 Å². The summed E-state index contributed by atoms with van der Waals surface area (Å²) in [6, 6.07) is 14.0. The molecule has 5 heteroatoms. The summed E-state index contributed by atoms with van der Waals surface area (Å²) in [7, 11) is 0. The lowest BCUT2D eigenvalue weighted by molar-refractivity contribution is -0.137. The molecule has 1 atom stereocenters. The van der Waals surface area contributed by atoms with Crippen LogP contribution >= 0.6 is 0 Å². The first-order valence-corrected chi connectivity index (χ1v) is 7.49. The van der Waals surface area contributed by atoms with Gasteiger partial charge in [-0.2, -0.15) is 13.2 Å². The van der Waals surface area contributed by atoms with Crippen molar-refractivity contribution < 1.29 is 18.0 Å². The average molecular weight is 319 g/mol. The lowest BCUT2D eigenvalue weighted by atomic mass is 10.0. The van der Waals surface area contributed by atoms with Gasteiger partial charge in [0.1, 0.15) is 0 Å². The fourth-order valence-corrected chi connectivity index (χ4v) is 2.71. The Labute approximate surface area is 132 Å². The fraction of sp³-hybridized carbons (Fsp3) is 0.278. The van der Waals surface area contributed by atoms with E-state index in [-0.39, 0.29) is 11.6 Å². The van der Waals surface area contributed by atoms with Gasteiger partial charge in [-0.15, -0.1) is 0 Å². The van der Waals surface area contributed by atoms with Gasteiger partial charge in [0.05, 0.1) is 17.2 Å². The van der Waals surface area contributed by atoms with Gasteiger partial charge in [-0.05, 0) is 36.5 Å². The van der Waals surface area contributed by atoms with Crippen LogP contribution in [0.15, 0.2) is 54.6 Å². The largest absolute Gasteiger partial charge is 0.417 e. The lowest BCUT2D eigenvalue weighted by Gasteiger charge is -2.20. The Kier molecular flexibility index (Phi) is 4.11. The summed E-state index contributed by atoms with van der Waals surface area (Å²) in [4.78, 5) is 12.4. The van der Waals surface area contributed by atoms with Crippen LogP contribution in [0.2, 0.25) is 0 Å². The van der Waals surface area contributed by atoms with Crippen LogP contribution in [0.3, 0.4) is 0 Å². The Hall–Kier alpha value is -2.30. The van der Waals surface area contributed by atoms with E-state index >= 15 is 0 Å². The molecule has 1 saturated carbocycles. The standard InChI is InChI=1S/C18H16F3NO/c19-18(20,21)15-9-5-4-8-14(15)17(23)22-16(13-10-11-13)12-6-2-1-3-7-12/h1-9,13,16H,10-11H2,(H,22,23). The van der Waals surface area contributed by atoms with Gasteiger partial charge in [0, 0.05) is 0 Å². The summed E-state index contributed by atoms with van der Waals surface area (Å²) < 4.78 is 39.2. The Balaban J connectivity index is 1.86. The maximum atomic E-state index is 13.1. The number of benzene rings is 2. The van der Waals surface area contributed by atoms with Crippen LogP contribution in [-0.2, 0) is 6.18 Å². The van der Waals surface area contributed by atoms with Crippen LogP contribution in [0.5, 0.6) is 0 Å². The van der Waals surface area contributed by atoms with Crippen molar-refractivity contribution in [1.82, 2.24) is 5.32 Å². The molecule has 2 aromatic carbocycles. The topological polar surface area (TPSA) is 29.1 Å². The number of halogens is 3. The van der Waals surface area contributed by atoms with Gasteiger partial charge in [-0.1, -0.05) is 42.5 Å². The Morgan fingerprint density at radius 3 is 2.22 bits per heavy atom. The zero-order valence-corrected chi connectivity index (χ0v) is 12.3. The quantitative estimate of drug-likeness (QED) is 0.877. The molecule has 1 aliphatic carbocycles. The third kappa shape index (κ3) is 3.55. The summed E-state index contributed by atoms with van der Waals surface area (Å²) in [5.41, 5.74) is -0.311. The highest BCUT2D eigenvalue weighted by molar-refractivity contribution is 5.96. The Morgan fingerprint density at radius 1 is 1.00 bits per heavy atom. The number of nitrogens with one attached hydrogen (secondary N) is 1. The summed E-state index contributed by atoms with van der Waals surface area (Å²) in [6.45, 7) is 0. The van der Waals surface area contributed by atoms with Crippen molar-refractivity contribution in [1.29, 1.82) is 0 Å². The number of rotatable bonds is 4. The Bertz CT molecular complexity index is 693.